The second kappa shape index (κ2) is 3.58. The van der Waals surface area contributed by atoms with E-state index in [1.807, 2.05) is 4.90 Å². The van der Waals surface area contributed by atoms with Gasteiger partial charge in [-0.1, -0.05) is 0 Å². The molecule has 4 nitrogen and oxygen atoms in total. The molecule has 1 aliphatic heterocycles. The number of carbonyl (C=O) groups is 1. The number of nitrogens with one attached hydrogen (secondary N) is 1. The van der Waals surface area contributed by atoms with E-state index in [4.69, 9.17) is 5.26 Å². The van der Waals surface area contributed by atoms with Gasteiger partial charge in [-0.05, 0) is 19.8 Å². The van der Waals surface area contributed by atoms with Gasteiger partial charge in [0.25, 0.3) is 0 Å². The first-order valence-corrected chi connectivity index (χ1v) is 5.16. The van der Waals surface area contributed by atoms with E-state index in [0.717, 1.165) is 19.4 Å². The molecule has 1 saturated carbocycles. The lowest BCUT2D eigenvalue weighted by molar-refractivity contribution is -0.137. The molecular weight excluding hydrogens is 178 g/mol. The van der Waals surface area contributed by atoms with Gasteiger partial charge in [0.15, 0.2) is 0 Å². The maximum Gasteiger partial charge on any atom is 0.241 e. The predicted molar refractivity (Wildman–Crippen MR) is 51.4 cm³/mol. The van der Waals surface area contributed by atoms with Crippen molar-refractivity contribution in [2.24, 2.45) is 0 Å². The second-order valence-electron chi connectivity index (χ2n) is 4.20. The summed E-state index contributed by atoms with van der Waals surface area (Å²) < 4.78 is 0. The summed E-state index contributed by atoms with van der Waals surface area (Å²) in [7, 11) is 0. The van der Waals surface area contributed by atoms with E-state index in [-0.39, 0.29) is 18.4 Å². The smallest absolute Gasteiger partial charge is 0.241 e. The fraction of sp³-hybridized carbons (Fsp3) is 0.800. The molecule has 2 rings (SSSR count). The molecule has 2 unspecified atom stereocenters. The highest BCUT2D eigenvalue weighted by Crippen LogP contribution is 2.29. The standard InChI is InChI=1S/C10H15N3O/c1-7-6-13(8-2-3-8)10(14)9(12-7)4-5-11/h7-9,12H,2-4,6H2,1H3. The Hall–Kier alpha value is -1.08. The van der Waals surface area contributed by atoms with E-state index < -0.39 is 0 Å². The van der Waals surface area contributed by atoms with Gasteiger partial charge in [0.2, 0.25) is 5.91 Å². The van der Waals surface area contributed by atoms with Crippen LogP contribution in [0.3, 0.4) is 0 Å². The minimum Gasteiger partial charge on any atom is -0.337 e. The first kappa shape index (κ1) is 9.47. The number of piperazine rings is 1. The maximum atomic E-state index is 11.9. The largest absolute Gasteiger partial charge is 0.337 e. The minimum atomic E-state index is -0.274. The summed E-state index contributed by atoms with van der Waals surface area (Å²) in [5, 5.41) is 11.8. The molecular formula is C10H15N3O. The van der Waals surface area contributed by atoms with Crippen LogP contribution in [0.1, 0.15) is 26.2 Å². The van der Waals surface area contributed by atoms with Crippen molar-refractivity contribution >= 4 is 5.91 Å². The molecule has 2 fully saturated rings. The third-order valence-corrected chi connectivity index (χ3v) is 2.82. The van der Waals surface area contributed by atoms with Gasteiger partial charge < -0.3 is 10.2 Å². The topological polar surface area (TPSA) is 56.1 Å². The Kier molecular flexibility index (Phi) is 2.42. The minimum absolute atomic E-state index is 0.118. The van der Waals surface area contributed by atoms with Crippen LogP contribution in [0.5, 0.6) is 0 Å². The Morgan fingerprint density at radius 3 is 2.93 bits per heavy atom. The highest BCUT2D eigenvalue weighted by molar-refractivity contribution is 5.83. The van der Waals surface area contributed by atoms with Crippen LogP contribution in [0.2, 0.25) is 0 Å². The molecule has 1 N–H and O–H groups in total. The lowest BCUT2D eigenvalue weighted by Crippen LogP contribution is -2.59. The monoisotopic (exact) mass is 193 g/mol. The molecule has 1 saturated heterocycles. The van der Waals surface area contributed by atoms with Crippen LogP contribution >= 0.6 is 0 Å². The molecule has 0 aromatic carbocycles. The predicted octanol–water partition coefficient (Wildman–Crippen LogP) is 0.251. The van der Waals surface area contributed by atoms with E-state index in [1.165, 1.54) is 0 Å². The summed E-state index contributed by atoms with van der Waals surface area (Å²) in [6.45, 7) is 2.86. The SMILES string of the molecule is CC1CN(C2CC2)C(=O)C(CC#N)N1. The lowest BCUT2D eigenvalue weighted by atomic mass is 10.1. The fourth-order valence-electron chi connectivity index (χ4n) is 2.01. The van der Waals surface area contributed by atoms with Crippen LogP contribution in [0.4, 0.5) is 0 Å². The highest BCUT2D eigenvalue weighted by Gasteiger charge is 2.39. The van der Waals surface area contributed by atoms with E-state index in [0.29, 0.717) is 12.1 Å². The Bertz CT molecular complexity index is 280. The van der Waals surface area contributed by atoms with Crippen LogP contribution in [-0.4, -0.2) is 35.5 Å². The molecule has 14 heavy (non-hydrogen) atoms. The summed E-state index contributed by atoms with van der Waals surface area (Å²) in [6, 6.07) is 2.56. The van der Waals surface area contributed by atoms with E-state index in [2.05, 4.69) is 18.3 Å². The van der Waals surface area contributed by atoms with Crippen molar-refractivity contribution in [3.8, 4) is 6.07 Å². The van der Waals surface area contributed by atoms with Crippen molar-refractivity contribution in [1.82, 2.24) is 10.2 Å². The number of amides is 1. The van der Waals surface area contributed by atoms with E-state index in [9.17, 15) is 4.79 Å². The molecule has 0 bridgehead atoms. The van der Waals surface area contributed by atoms with Gasteiger partial charge in [-0.2, -0.15) is 5.26 Å². The molecule has 1 aliphatic carbocycles. The fourth-order valence-corrected chi connectivity index (χ4v) is 2.01. The van der Waals surface area contributed by atoms with Crippen molar-refractivity contribution in [2.45, 2.75) is 44.3 Å². The summed E-state index contributed by atoms with van der Waals surface area (Å²) in [6.07, 6.45) is 2.56. The molecule has 0 radical (unpaired) electrons. The van der Waals surface area contributed by atoms with Gasteiger partial charge in [0.1, 0.15) is 6.04 Å². The third kappa shape index (κ3) is 1.73. The van der Waals surface area contributed by atoms with Crippen LogP contribution in [0.25, 0.3) is 0 Å². The summed E-state index contributed by atoms with van der Waals surface area (Å²) >= 11 is 0. The van der Waals surface area contributed by atoms with Crippen molar-refractivity contribution in [3.05, 3.63) is 0 Å². The zero-order chi connectivity index (χ0) is 10.1. The Labute approximate surface area is 83.9 Å². The molecule has 0 aromatic rings. The first-order valence-electron chi connectivity index (χ1n) is 5.16. The Morgan fingerprint density at radius 2 is 2.36 bits per heavy atom. The number of hydrogen-bond acceptors (Lipinski definition) is 3. The van der Waals surface area contributed by atoms with Crippen molar-refractivity contribution in [1.29, 1.82) is 5.26 Å². The summed E-state index contributed by atoms with van der Waals surface area (Å²) in [4.78, 5) is 13.8. The second-order valence-corrected chi connectivity index (χ2v) is 4.20. The molecule has 76 valence electrons. The van der Waals surface area contributed by atoms with Gasteiger partial charge in [-0.15, -0.1) is 0 Å². The van der Waals surface area contributed by atoms with Crippen LogP contribution in [0, 0.1) is 11.3 Å². The van der Waals surface area contributed by atoms with E-state index in [1.54, 1.807) is 0 Å². The number of nitriles is 1. The van der Waals surface area contributed by atoms with Crippen LogP contribution < -0.4 is 5.32 Å². The Morgan fingerprint density at radius 1 is 1.64 bits per heavy atom. The van der Waals surface area contributed by atoms with Gasteiger partial charge in [0, 0.05) is 18.6 Å². The summed E-state index contributed by atoms with van der Waals surface area (Å²) in [5.41, 5.74) is 0. The van der Waals surface area contributed by atoms with Crippen molar-refractivity contribution in [3.63, 3.8) is 0 Å². The van der Waals surface area contributed by atoms with E-state index >= 15 is 0 Å². The average Bonchev–Trinajstić information content (AvgIpc) is 2.94. The quantitative estimate of drug-likeness (QED) is 0.684. The molecule has 2 atom stereocenters. The third-order valence-electron chi connectivity index (χ3n) is 2.82. The molecule has 0 spiro atoms. The average molecular weight is 193 g/mol. The van der Waals surface area contributed by atoms with Crippen LogP contribution in [0.15, 0.2) is 0 Å². The van der Waals surface area contributed by atoms with Gasteiger partial charge in [0.05, 0.1) is 12.5 Å². The zero-order valence-electron chi connectivity index (χ0n) is 8.36. The van der Waals surface area contributed by atoms with Crippen molar-refractivity contribution < 1.29 is 4.79 Å². The molecule has 2 aliphatic rings. The van der Waals surface area contributed by atoms with Crippen molar-refractivity contribution in [2.75, 3.05) is 6.54 Å². The summed E-state index contributed by atoms with van der Waals surface area (Å²) in [5.74, 6) is 0.118. The number of rotatable bonds is 2. The molecule has 1 amide bonds. The number of nitrogens with zero attached hydrogens (tertiary/aromatic N) is 2. The Balaban J connectivity index is 2.04. The maximum absolute atomic E-state index is 11.9. The molecule has 0 aromatic heterocycles. The molecule has 1 heterocycles. The first-order chi connectivity index (χ1) is 6.72. The highest BCUT2D eigenvalue weighted by atomic mass is 16.2. The van der Waals surface area contributed by atoms with Crippen LogP contribution in [-0.2, 0) is 4.79 Å². The molecule has 4 heteroatoms. The van der Waals surface area contributed by atoms with Gasteiger partial charge >= 0.3 is 0 Å². The number of hydrogen-bond donors (Lipinski definition) is 1. The zero-order valence-corrected chi connectivity index (χ0v) is 8.36. The lowest BCUT2D eigenvalue weighted by Gasteiger charge is -2.36. The number of carbonyl (C=O) groups excluding carboxylic acids is 1. The van der Waals surface area contributed by atoms with Gasteiger partial charge in [-0.3, -0.25) is 4.79 Å². The van der Waals surface area contributed by atoms with Gasteiger partial charge in [-0.25, -0.2) is 0 Å². The normalized spacial score (nSPS) is 32.9.